The molecular weight excluding hydrogens is 350 g/mol. The average molecular weight is 371 g/mol. The SMILES string of the molecule is COc1cccc(N2CCN(C(=O)c3ccc(OC)c([N+](=O)[O-])c3)CC2)c1. The summed E-state index contributed by atoms with van der Waals surface area (Å²) in [7, 11) is 2.99. The summed E-state index contributed by atoms with van der Waals surface area (Å²) in [6, 6.07) is 12.1. The number of benzene rings is 2. The molecule has 1 fully saturated rings. The Bertz CT molecular complexity index is 847. The van der Waals surface area contributed by atoms with Crippen molar-refractivity contribution in [3.63, 3.8) is 0 Å². The molecule has 0 bridgehead atoms. The number of amides is 1. The maximum atomic E-state index is 12.7. The normalized spacial score (nSPS) is 14.0. The van der Waals surface area contributed by atoms with Gasteiger partial charge in [-0.2, -0.15) is 0 Å². The Morgan fingerprint density at radius 2 is 1.78 bits per heavy atom. The average Bonchev–Trinajstić information content (AvgIpc) is 2.72. The highest BCUT2D eigenvalue weighted by atomic mass is 16.6. The number of carbonyl (C=O) groups excluding carboxylic acids is 1. The Hall–Kier alpha value is -3.29. The number of hydrogen-bond donors (Lipinski definition) is 0. The first-order chi connectivity index (χ1) is 13.0. The summed E-state index contributed by atoms with van der Waals surface area (Å²) in [6.45, 7) is 2.43. The van der Waals surface area contributed by atoms with E-state index >= 15 is 0 Å². The minimum absolute atomic E-state index is 0.138. The molecule has 1 amide bonds. The van der Waals surface area contributed by atoms with Gasteiger partial charge in [0.15, 0.2) is 5.75 Å². The fraction of sp³-hybridized carbons (Fsp3) is 0.316. The summed E-state index contributed by atoms with van der Waals surface area (Å²) in [5.74, 6) is 0.710. The zero-order valence-electron chi connectivity index (χ0n) is 15.3. The highest BCUT2D eigenvalue weighted by Gasteiger charge is 2.25. The van der Waals surface area contributed by atoms with E-state index in [1.807, 2.05) is 24.3 Å². The monoisotopic (exact) mass is 371 g/mol. The molecule has 2 aromatic carbocycles. The molecule has 0 atom stereocenters. The van der Waals surface area contributed by atoms with Crippen molar-refractivity contribution in [3.8, 4) is 11.5 Å². The summed E-state index contributed by atoms with van der Waals surface area (Å²) in [6.07, 6.45) is 0. The van der Waals surface area contributed by atoms with Gasteiger partial charge in [-0.05, 0) is 24.3 Å². The van der Waals surface area contributed by atoms with Crippen LogP contribution in [0.15, 0.2) is 42.5 Å². The van der Waals surface area contributed by atoms with Crippen LogP contribution in [0.2, 0.25) is 0 Å². The number of ether oxygens (including phenoxy) is 2. The molecule has 8 nitrogen and oxygen atoms in total. The first-order valence-electron chi connectivity index (χ1n) is 8.54. The lowest BCUT2D eigenvalue weighted by atomic mass is 10.1. The molecule has 8 heteroatoms. The van der Waals surface area contributed by atoms with Crippen molar-refractivity contribution in [2.45, 2.75) is 0 Å². The minimum Gasteiger partial charge on any atom is -0.497 e. The van der Waals surface area contributed by atoms with Gasteiger partial charge in [-0.15, -0.1) is 0 Å². The molecule has 142 valence electrons. The number of nitrogens with zero attached hydrogens (tertiary/aromatic N) is 3. The molecule has 0 unspecified atom stereocenters. The summed E-state index contributed by atoms with van der Waals surface area (Å²) in [5.41, 5.74) is 1.12. The Balaban J connectivity index is 1.69. The third kappa shape index (κ3) is 3.94. The Kier molecular flexibility index (Phi) is 5.44. The summed E-state index contributed by atoms with van der Waals surface area (Å²) < 4.78 is 10.2. The molecule has 0 N–H and O–H groups in total. The zero-order valence-corrected chi connectivity index (χ0v) is 15.3. The van der Waals surface area contributed by atoms with Crippen molar-refractivity contribution >= 4 is 17.3 Å². The molecule has 0 spiro atoms. The molecule has 0 aliphatic carbocycles. The Morgan fingerprint density at radius 1 is 1.04 bits per heavy atom. The van der Waals surface area contributed by atoms with E-state index in [4.69, 9.17) is 9.47 Å². The predicted octanol–water partition coefficient (Wildman–Crippen LogP) is 2.57. The van der Waals surface area contributed by atoms with E-state index in [0.29, 0.717) is 26.2 Å². The van der Waals surface area contributed by atoms with Crippen LogP contribution in [0.1, 0.15) is 10.4 Å². The van der Waals surface area contributed by atoms with E-state index in [2.05, 4.69) is 4.90 Å². The standard InChI is InChI=1S/C19H21N3O5/c1-26-16-5-3-4-15(13-16)20-8-10-21(11-9-20)19(23)14-6-7-18(27-2)17(12-14)22(24)25/h3-7,12-13H,8-11H2,1-2H3. The quantitative estimate of drug-likeness (QED) is 0.593. The second kappa shape index (κ2) is 7.94. The predicted molar refractivity (Wildman–Crippen MR) is 101 cm³/mol. The van der Waals surface area contributed by atoms with Gasteiger partial charge in [-0.25, -0.2) is 0 Å². The molecule has 0 radical (unpaired) electrons. The van der Waals surface area contributed by atoms with E-state index in [0.717, 1.165) is 11.4 Å². The van der Waals surface area contributed by atoms with Crippen LogP contribution < -0.4 is 14.4 Å². The lowest BCUT2D eigenvalue weighted by molar-refractivity contribution is -0.385. The summed E-state index contributed by atoms with van der Waals surface area (Å²) in [4.78, 5) is 27.3. The molecule has 1 aliphatic rings. The van der Waals surface area contributed by atoms with Crippen LogP contribution >= 0.6 is 0 Å². The fourth-order valence-electron chi connectivity index (χ4n) is 3.12. The summed E-state index contributed by atoms with van der Waals surface area (Å²) >= 11 is 0. The van der Waals surface area contributed by atoms with E-state index in [9.17, 15) is 14.9 Å². The smallest absolute Gasteiger partial charge is 0.311 e. The number of anilines is 1. The van der Waals surface area contributed by atoms with Gasteiger partial charge in [0.1, 0.15) is 5.75 Å². The second-order valence-corrected chi connectivity index (χ2v) is 6.12. The number of hydrogen-bond acceptors (Lipinski definition) is 6. The van der Waals surface area contributed by atoms with E-state index in [1.54, 1.807) is 18.1 Å². The van der Waals surface area contributed by atoms with Crippen LogP contribution in [0.5, 0.6) is 11.5 Å². The molecule has 2 aromatic rings. The van der Waals surface area contributed by atoms with Crippen LogP contribution in [-0.4, -0.2) is 56.1 Å². The first-order valence-corrected chi connectivity index (χ1v) is 8.54. The topological polar surface area (TPSA) is 85.2 Å². The maximum Gasteiger partial charge on any atom is 0.311 e. The fourth-order valence-corrected chi connectivity index (χ4v) is 3.12. The Labute approximate surface area is 157 Å². The molecule has 1 heterocycles. The van der Waals surface area contributed by atoms with Gasteiger partial charge in [0.05, 0.1) is 19.1 Å². The highest BCUT2D eigenvalue weighted by molar-refractivity contribution is 5.95. The van der Waals surface area contributed by atoms with Gasteiger partial charge in [0.2, 0.25) is 0 Å². The van der Waals surface area contributed by atoms with Crippen LogP contribution in [0.4, 0.5) is 11.4 Å². The van der Waals surface area contributed by atoms with Crippen molar-refractivity contribution in [1.82, 2.24) is 4.90 Å². The summed E-state index contributed by atoms with van der Waals surface area (Å²) in [5, 5.41) is 11.2. The van der Waals surface area contributed by atoms with Gasteiger partial charge in [0.25, 0.3) is 5.91 Å². The lowest BCUT2D eigenvalue weighted by Gasteiger charge is -2.36. The zero-order chi connectivity index (χ0) is 19.4. The molecular formula is C19H21N3O5. The molecule has 0 saturated carbocycles. The van der Waals surface area contributed by atoms with E-state index in [-0.39, 0.29) is 22.9 Å². The van der Waals surface area contributed by atoms with Crippen molar-refractivity contribution in [1.29, 1.82) is 0 Å². The van der Waals surface area contributed by atoms with Gasteiger partial charge in [-0.1, -0.05) is 6.07 Å². The molecule has 3 rings (SSSR count). The maximum absolute atomic E-state index is 12.7. The van der Waals surface area contributed by atoms with Crippen LogP contribution in [0.3, 0.4) is 0 Å². The number of piperazine rings is 1. The highest BCUT2D eigenvalue weighted by Crippen LogP contribution is 2.28. The van der Waals surface area contributed by atoms with Crippen molar-refractivity contribution < 1.29 is 19.2 Å². The molecule has 1 aliphatic heterocycles. The lowest BCUT2D eigenvalue weighted by Crippen LogP contribution is -2.48. The van der Waals surface area contributed by atoms with Gasteiger partial charge < -0.3 is 19.3 Å². The molecule has 1 saturated heterocycles. The number of methoxy groups -OCH3 is 2. The first kappa shape index (κ1) is 18.5. The van der Waals surface area contributed by atoms with Crippen LogP contribution in [0.25, 0.3) is 0 Å². The number of carbonyl (C=O) groups is 1. The number of rotatable bonds is 5. The number of nitro groups is 1. The molecule has 27 heavy (non-hydrogen) atoms. The van der Waals surface area contributed by atoms with E-state index < -0.39 is 4.92 Å². The van der Waals surface area contributed by atoms with Gasteiger partial charge in [-0.3, -0.25) is 14.9 Å². The van der Waals surface area contributed by atoms with Crippen molar-refractivity contribution in [2.24, 2.45) is 0 Å². The molecule has 0 aromatic heterocycles. The van der Waals surface area contributed by atoms with Crippen molar-refractivity contribution in [2.75, 3.05) is 45.3 Å². The Morgan fingerprint density at radius 3 is 2.41 bits per heavy atom. The third-order valence-electron chi connectivity index (χ3n) is 4.61. The van der Waals surface area contributed by atoms with Gasteiger partial charge >= 0.3 is 5.69 Å². The van der Waals surface area contributed by atoms with Crippen LogP contribution in [0, 0.1) is 10.1 Å². The van der Waals surface area contributed by atoms with E-state index in [1.165, 1.54) is 19.2 Å². The van der Waals surface area contributed by atoms with Crippen LogP contribution in [-0.2, 0) is 0 Å². The minimum atomic E-state index is -0.545. The van der Waals surface area contributed by atoms with Gasteiger partial charge in [0, 0.05) is 49.6 Å². The van der Waals surface area contributed by atoms with Crippen molar-refractivity contribution in [3.05, 3.63) is 58.1 Å². The number of nitro benzene ring substituents is 1. The third-order valence-corrected chi connectivity index (χ3v) is 4.61. The second-order valence-electron chi connectivity index (χ2n) is 6.12. The largest absolute Gasteiger partial charge is 0.497 e.